The number of hydrogen-bond acceptors (Lipinski definition) is 10. The summed E-state index contributed by atoms with van der Waals surface area (Å²) in [5.74, 6) is 0. The monoisotopic (exact) mass is 395 g/mol. The fraction of sp³-hybridized carbons (Fsp3) is 1.00. The molecule has 0 aliphatic carbocycles. The van der Waals surface area contributed by atoms with Crippen LogP contribution in [0.15, 0.2) is 0 Å². The van der Waals surface area contributed by atoms with Gasteiger partial charge in [0.2, 0.25) is 0 Å². The molecule has 10 heteroatoms. The van der Waals surface area contributed by atoms with E-state index in [0.717, 1.165) is 19.3 Å². The van der Waals surface area contributed by atoms with Gasteiger partial charge >= 0.3 is 0 Å². The largest absolute Gasteiger partial charge is 0.388 e. The summed E-state index contributed by atoms with van der Waals surface area (Å²) in [4.78, 5) is 0. The molecule has 0 radical (unpaired) electrons. The third-order valence-corrected chi connectivity index (χ3v) is 5.01. The second-order valence-corrected chi connectivity index (χ2v) is 7.19. The molecule has 2 rings (SSSR count). The minimum absolute atomic E-state index is 0.349. The fourth-order valence-corrected chi connectivity index (χ4v) is 3.20. The molecule has 0 aromatic rings. The van der Waals surface area contributed by atoms with Gasteiger partial charge < -0.3 is 50.2 Å². The third-order valence-electron chi connectivity index (χ3n) is 5.01. The minimum atomic E-state index is -1.54. The number of unbranched alkanes of at least 4 members (excludes halogenated alkanes) is 2. The number of ether oxygens (including phenoxy) is 4. The molecule has 2 fully saturated rings. The minimum Gasteiger partial charge on any atom is -0.388 e. The Hall–Kier alpha value is -0.400. The van der Waals surface area contributed by atoms with Crippen molar-refractivity contribution in [1.29, 1.82) is 0 Å². The molecule has 0 saturated carbocycles. The van der Waals surface area contributed by atoms with Crippen LogP contribution in [0.5, 0.6) is 0 Å². The average molecular weight is 395 g/mol. The molecule has 160 valence electrons. The molecule has 0 bridgehead atoms. The number of nitrogens with two attached hydrogens (primary N) is 1. The van der Waals surface area contributed by atoms with Crippen LogP contribution in [0.3, 0.4) is 0 Å². The van der Waals surface area contributed by atoms with E-state index in [9.17, 15) is 25.5 Å². The third kappa shape index (κ3) is 5.57. The summed E-state index contributed by atoms with van der Waals surface area (Å²) in [6, 6.07) is 0. The molecule has 10 nitrogen and oxygen atoms in total. The normalized spacial score (nSPS) is 45.8. The predicted octanol–water partition coefficient (Wildman–Crippen LogP) is -2.19. The number of hydrogen-bond donors (Lipinski definition) is 6. The number of aliphatic hydroxyl groups excluding tert-OH is 5. The SMILES string of the molecule is C[C@@H]1O[C@H](O[C@@H]2[C@@H](O)[C@H](C)O[C@@H](OCCCCCN)[C@@H]2O)[C@H](O)[C@H](O)[C@H]1O. The molecule has 0 amide bonds. The van der Waals surface area contributed by atoms with E-state index >= 15 is 0 Å². The molecule has 7 N–H and O–H groups in total. The topological polar surface area (TPSA) is 164 Å². The van der Waals surface area contributed by atoms with Crippen LogP contribution in [0, 0.1) is 0 Å². The summed E-state index contributed by atoms with van der Waals surface area (Å²) in [6.07, 6.45) is -9.31. The van der Waals surface area contributed by atoms with Gasteiger partial charge in [-0.15, -0.1) is 0 Å². The van der Waals surface area contributed by atoms with Crippen LogP contribution in [0.25, 0.3) is 0 Å². The lowest BCUT2D eigenvalue weighted by atomic mass is 9.97. The van der Waals surface area contributed by atoms with E-state index in [1.807, 2.05) is 0 Å². The zero-order chi connectivity index (χ0) is 20.1. The Bertz CT molecular complexity index is 443. The highest BCUT2D eigenvalue weighted by atomic mass is 16.7. The number of aliphatic hydroxyl groups is 5. The second kappa shape index (κ2) is 10.4. The van der Waals surface area contributed by atoms with Crippen LogP contribution < -0.4 is 5.73 Å². The molecular formula is C17H33NO9. The zero-order valence-electron chi connectivity index (χ0n) is 15.8. The van der Waals surface area contributed by atoms with Crippen LogP contribution in [0.4, 0.5) is 0 Å². The van der Waals surface area contributed by atoms with Crippen molar-refractivity contribution in [3.05, 3.63) is 0 Å². The second-order valence-electron chi connectivity index (χ2n) is 7.19. The molecule has 0 spiro atoms. The summed E-state index contributed by atoms with van der Waals surface area (Å²) < 4.78 is 22.0. The fourth-order valence-electron chi connectivity index (χ4n) is 3.20. The highest BCUT2D eigenvalue weighted by Gasteiger charge is 2.49. The van der Waals surface area contributed by atoms with Gasteiger partial charge in [-0.2, -0.15) is 0 Å². The average Bonchev–Trinajstić information content (AvgIpc) is 2.64. The summed E-state index contributed by atoms with van der Waals surface area (Å²) in [5.41, 5.74) is 5.44. The summed E-state index contributed by atoms with van der Waals surface area (Å²) in [5, 5.41) is 50.6. The Kier molecular flexibility index (Phi) is 8.81. The molecule has 2 aliphatic rings. The van der Waals surface area contributed by atoms with Gasteiger partial charge in [-0.3, -0.25) is 0 Å². The van der Waals surface area contributed by atoms with Crippen LogP contribution in [0.2, 0.25) is 0 Å². The van der Waals surface area contributed by atoms with Gasteiger partial charge in [0.05, 0.1) is 12.2 Å². The Morgan fingerprint density at radius 3 is 2.04 bits per heavy atom. The van der Waals surface area contributed by atoms with Crippen molar-refractivity contribution < 1.29 is 44.5 Å². The van der Waals surface area contributed by atoms with Crippen molar-refractivity contribution in [3.8, 4) is 0 Å². The lowest BCUT2D eigenvalue weighted by Crippen LogP contribution is -2.63. The van der Waals surface area contributed by atoms with E-state index in [1.165, 1.54) is 6.92 Å². The molecule has 0 aromatic carbocycles. The molecule has 0 aromatic heterocycles. The van der Waals surface area contributed by atoms with Gasteiger partial charge in [-0.25, -0.2) is 0 Å². The van der Waals surface area contributed by atoms with Crippen molar-refractivity contribution in [3.63, 3.8) is 0 Å². The summed E-state index contributed by atoms with van der Waals surface area (Å²) >= 11 is 0. The van der Waals surface area contributed by atoms with Gasteiger partial charge in [0.15, 0.2) is 12.6 Å². The zero-order valence-corrected chi connectivity index (χ0v) is 15.8. The molecule has 2 heterocycles. The van der Waals surface area contributed by atoms with Gasteiger partial charge in [-0.1, -0.05) is 0 Å². The predicted molar refractivity (Wildman–Crippen MR) is 92.4 cm³/mol. The number of rotatable bonds is 8. The van der Waals surface area contributed by atoms with Crippen molar-refractivity contribution in [2.75, 3.05) is 13.2 Å². The Balaban J connectivity index is 1.96. The maximum Gasteiger partial charge on any atom is 0.187 e. The van der Waals surface area contributed by atoms with E-state index in [1.54, 1.807) is 6.92 Å². The lowest BCUT2D eigenvalue weighted by Gasteiger charge is -2.45. The molecular weight excluding hydrogens is 362 g/mol. The molecule has 27 heavy (non-hydrogen) atoms. The highest BCUT2D eigenvalue weighted by molar-refractivity contribution is 4.92. The molecule has 0 unspecified atom stereocenters. The van der Waals surface area contributed by atoms with Crippen molar-refractivity contribution in [2.45, 2.75) is 94.5 Å². The van der Waals surface area contributed by atoms with E-state index in [-0.39, 0.29) is 0 Å². The summed E-state index contributed by atoms with van der Waals surface area (Å²) in [7, 11) is 0. The van der Waals surface area contributed by atoms with Crippen LogP contribution in [-0.4, -0.2) is 100 Å². The quantitative estimate of drug-likeness (QED) is 0.249. The van der Waals surface area contributed by atoms with Gasteiger partial charge in [0, 0.05) is 6.61 Å². The smallest absolute Gasteiger partial charge is 0.187 e. The standard InChI is InChI=1S/C17H33NO9/c1-8-10(19)12(21)13(22)17(26-8)27-15-11(20)9(2)25-16(14(15)23)24-7-5-3-4-6-18/h8-17,19-23H,3-7,18H2,1-2H3/t8-,9-,10-,11-,12+,13+,14+,15+,16+,17+/m0/s1. The van der Waals surface area contributed by atoms with Crippen LogP contribution in [0.1, 0.15) is 33.1 Å². The first-order valence-corrected chi connectivity index (χ1v) is 9.46. The Morgan fingerprint density at radius 2 is 1.37 bits per heavy atom. The first-order chi connectivity index (χ1) is 12.8. The van der Waals surface area contributed by atoms with Gasteiger partial charge in [0.25, 0.3) is 0 Å². The maximum atomic E-state index is 10.5. The van der Waals surface area contributed by atoms with Crippen molar-refractivity contribution >= 4 is 0 Å². The Morgan fingerprint density at radius 1 is 0.741 bits per heavy atom. The van der Waals surface area contributed by atoms with E-state index in [4.69, 9.17) is 24.7 Å². The summed E-state index contributed by atoms with van der Waals surface area (Å²) in [6.45, 7) is 4.08. The van der Waals surface area contributed by atoms with Crippen LogP contribution >= 0.6 is 0 Å². The first kappa shape index (κ1) is 22.9. The lowest BCUT2D eigenvalue weighted by molar-refractivity contribution is -0.354. The molecule has 2 aliphatic heterocycles. The van der Waals surface area contributed by atoms with E-state index < -0.39 is 61.4 Å². The Labute approximate surface area is 158 Å². The molecule has 2 saturated heterocycles. The highest BCUT2D eigenvalue weighted by Crippen LogP contribution is 2.29. The van der Waals surface area contributed by atoms with Gasteiger partial charge in [0.1, 0.15) is 36.6 Å². The first-order valence-electron chi connectivity index (χ1n) is 9.46. The van der Waals surface area contributed by atoms with Crippen molar-refractivity contribution in [2.24, 2.45) is 5.73 Å². The van der Waals surface area contributed by atoms with E-state index in [2.05, 4.69) is 0 Å². The maximum absolute atomic E-state index is 10.5. The molecule has 10 atom stereocenters. The van der Waals surface area contributed by atoms with Gasteiger partial charge in [-0.05, 0) is 39.7 Å². The van der Waals surface area contributed by atoms with Crippen LogP contribution in [-0.2, 0) is 18.9 Å². The van der Waals surface area contributed by atoms with E-state index in [0.29, 0.717) is 13.2 Å². The van der Waals surface area contributed by atoms with Crippen molar-refractivity contribution in [1.82, 2.24) is 0 Å².